The van der Waals surface area contributed by atoms with E-state index in [-0.39, 0.29) is 19.1 Å². The predicted molar refractivity (Wildman–Crippen MR) is 69.8 cm³/mol. The third kappa shape index (κ3) is 5.65. The smallest absolute Gasteiger partial charge is 0.261 e. The first kappa shape index (κ1) is 15.4. The molecule has 0 aliphatic rings. The molecule has 0 radical (unpaired) electrons. The lowest BCUT2D eigenvalue weighted by Gasteiger charge is -2.11. The monoisotopic (exact) mass is 272 g/mol. The van der Waals surface area contributed by atoms with Crippen molar-refractivity contribution in [3.63, 3.8) is 0 Å². The van der Waals surface area contributed by atoms with Crippen molar-refractivity contribution < 1.29 is 18.3 Å². The molecule has 1 aromatic carbocycles. The van der Waals surface area contributed by atoms with Crippen LogP contribution in [0.15, 0.2) is 24.3 Å². The van der Waals surface area contributed by atoms with Crippen LogP contribution in [0.1, 0.15) is 17.3 Å². The summed E-state index contributed by atoms with van der Waals surface area (Å²) >= 11 is 0. The van der Waals surface area contributed by atoms with Crippen molar-refractivity contribution in [2.45, 2.75) is 13.3 Å². The molecule has 106 valence electrons. The summed E-state index contributed by atoms with van der Waals surface area (Å²) in [5, 5.41) is 5.70. The minimum Gasteiger partial charge on any atom is -0.385 e. The lowest BCUT2D eigenvalue weighted by Crippen LogP contribution is -2.28. The lowest BCUT2D eigenvalue weighted by atomic mass is 10.1. The van der Waals surface area contributed by atoms with Crippen LogP contribution in [0.3, 0.4) is 0 Å². The molecule has 0 unspecified atom stereocenters. The highest BCUT2D eigenvalue weighted by molar-refractivity contribution is 5.99. The average molecular weight is 272 g/mol. The molecule has 0 saturated heterocycles. The Bertz CT molecular complexity index is 400. The first-order valence-electron chi connectivity index (χ1n) is 6.12. The minimum absolute atomic E-state index is 0.0689. The van der Waals surface area contributed by atoms with Gasteiger partial charge in [0.15, 0.2) is 0 Å². The molecule has 1 amide bonds. The van der Waals surface area contributed by atoms with Crippen LogP contribution in [-0.4, -0.2) is 38.6 Å². The largest absolute Gasteiger partial charge is 0.385 e. The van der Waals surface area contributed by atoms with Crippen LogP contribution in [0.2, 0.25) is 0 Å². The Kier molecular flexibility index (Phi) is 6.81. The SMILES string of the molecule is CCNc1ccccc1C(=O)NCCOCC(F)F. The maximum Gasteiger partial charge on any atom is 0.261 e. The number of para-hydroxylation sites is 1. The maximum absolute atomic E-state index is 11.9. The minimum atomic E-state index is -2.48. The predicted octanol–water partition coefficient (Wildman–Crippen LogP) is 2.13. The van der Waals surface area contributed by atoms with Crippen molar-refractivity contribution in [3.8, 4) is 0 Å². The van der Waals surface area contributed by atoms with Crippen molar-refractivity contribution in [1.82, 2.24) is 5.32 Å². The second-order valence-corrected chi connectivity index (χ2v) is 3.80. The summed E-state index contributed by atoms with van der Waals surface area (Å²) in [6.45, 7) is 2.31. The van der Waals surface area contributed by atoms with Gasteiger partial charge in [-0.05, 0) is 19.1 Å². The third-order valence-corrected chi connectivity index (χ3v) is 2.31. The van der Waals surface area contributed by atoms with E-state index in [9.17, 15) is 13.6 Å². The molecule has 1 aromatic rings. The lowest BCUT2D eigenvalue weighted by molar-refractivity contribution is 0.0188. The van der Waals surface area contributed by atoms with E-state index in [2.05, 4.69) is 15.4 Å². The fraction of sp³-hybridized carbons (Fsp3) is 0.462. The molecule has 0 aromatic heterocycles. The summed E-state index contributed by atoms with van der Waals surface area (Å²) in [5.41, 5.74) is 1.27. The quantitative estimate of drug-likeness (QED) is 0.713. The number of carbonyl (C=O) groups is 1. The Balaban J connectivity index is 2.41. The number of halogens is 2. The molecule has 0 fully saturated rings. The topological polar surface area (TPSA) is 50.4 Å². The van der Waals surface area contributed by atoms with Crippen LogP contribution in [0.5, 0.6) is 0 Å². The molecule has 6 heteroatoms. The number of anilines is 1. The second-order valence-electron chi connectivity index (χ2n) is 3.80. The maximum atomic E-state index is 11.9. The molecule has 0 atom stereocenters. The number of alkyl halides is 2. The molecule has 4 nitrogen and oxygen atoms in total. The fourth-order valence-corrected chi connectivity index (χ4v) is 1.53. The highest BCUT2D eigenvalue weighted by Gasteiger charge is 2.09. The first-order valence-corrected chi connectivity index (χ1v) is 6.12. The van der Waals surface area contributed by atoms with E-state index < -0.39 is 13.0 Å². The van der Waals surface area contributed by atoms with Gasteiger partial charge in [0.2, 0.25) is 0 Å². The third-order valence-electron chi connectivity index (χ3n) is 2.31. The number of hydrogen-bond donors (Lipinski definition) is 2. The van der Waals surface area contributed by atoms with Gasteiger partial charge in [-0.1, -0.05) is 12.1 Å². The number of ether oxygens (including phenoxy) is 1. The fourth-order valence-electron chi connectivity index (χ4n) is 1.53. The van der Waals surface area contributed by atoms with Crippen LogP contribution in [0.4, 0.5) is 14.5 Å². The standard InChI is InChI=1S/C13H18F2N2O2/c1-2-16-11-6-4-3-5-10(11)13(18)17-7-8-19-9-12(14)15/h3-6,12,16H,2,7-9H2,1H3,(H,17,18). The van der Waals surface area contributed by atoms with Crippen molar-refractivity contribution >= 4 is 11.6 Å². The van der Waals surface area contributed by atoms with Crippen LogP contribution in [-0.2, 0) is 4.74 Å². The number of rotatable bonds is 8. The highest BCUT2D eigenvalue weighted by atomic mass is 19.3. The van der Waals surface area contributed by atoms with E-state index in [1.807, 2.05) is 19.1 Å². The van der Waals surface area contributed by atoms with Gasteiger partial charge < -0.3 is 15.4 Å². The van der Waals surface area contributed by atoms with Crippen molar-refractivity contribution in [2.24, 2.45) is 0 Å². The van der Waals surface area contributed by atoms with Crippen LogP contribution < -0.4 is 10.6 Å². The van der Waals surface area contributed by atoms with Crippen LogP contribution in [0.25, 0.3) is 0 Å². The Hall–Kier alpha value is -1.69. The van der Waals surface area contributed by atoms with E-state index in [4.69, 9.17) is 0 Å². The van der Waals surface area contributed by atoms with Crippen molar-refractivity contribution in [1.29, 1.82) is 0 Å². The first-order chi connectivity index (χ1) is 9.15. The van der Waals surface area contributed by atoms with Gasteiger partial charge in [-0.2, -0.15) is 0 Å². The summed E-state index contributed by atoms with van der Waals surface area (Å²) in [7, 11) is 0. The van der Waals surface area contributed by atoms with E-state index in [0.29, 0.717) is 12.1 Å². The van der Waals surface area contributed by atoms with Crippen LogP contribution >= 0.6 is 0 Å². The number of hydrogen-bond acceptors (Lipinski definition) is 3. The summed E-state index contributed by atoms with van der Waals surface area (Å²) in [6.07, 6.45) is -2.48. The molecule has 0 spiro atoms. The molecule has 0 heterocycles. The molecule has 2 N–H and O–H groups in total. The Morgan fingerprint density at radius 1 is 1.37 bits per heavy atom. The zero-order valence-electron chi connectivity index (χ0n) is 10.8. The normalized spacial score (nSPS) is 10.5. The van der Waals surface area contributed by atoms with E-state index in [1.165, 1.54) is 0 Å². The van der Waals surface area contributed by atoms with Gasteiger partial charge in [0.1, 0.15) is 6.61 Å². The molecular weight excluding hydrogens is 254 g/mol. The summed E-state index contributed by atoms with van der Waals surface area (Å²) in [5.74, 6) is -0.253. The van der Waals surface area contributed by atoms with Gasteiger partial charge in [0.25, 0.3) is 12.3 Å². The van der Waals surface area contributed by atoms with Gasteiger partial charge in [-0.3, -0.25) is 4.79 Å². The van der Waals surface area contributed by atoms with Gasteiger partial charge >= 0.3 is 0 Å². The molecule has 19 heavy (non-hydrogen) atoms. The number of benzene rings is 1. The van der Waals surface area contributed by atoms with Gasteiger partial charge in [-0.15, -0.1) is 0 Å². The summed E-state index contributed by atoms with van der Waals surface area (Å²) in [4.78, 5) is 11.9. The van der Waals surface area contributed by atoms with Gasteiger partial charge in [-0.25, -0.2) is 8.78 Å². The van der Waals surface area contributed by atoms with E-state index in [0.717, 1.165) is 5.69 Å². The van der Waals surface area contributed by atoms with E-state index >= 15 is 0 Å². The number of amides is 1. The molecule has 0 bridgehead atoms. The molecule has 1 rings (SSSR count). The Morgan fingerprint density at radius 3 is 2.79 bits per heavy atom. The molecule has 0 aliphatic carbocycles. The Morgan fingerprint density at radius 2 is 2.11 bits per heavy atom. The average Bonchev–Trinajstić information content (AvgIpc) is 2.39. The molecular formula is C13H18F2N2O2. The van der Waals surface area contributed by atoms with Crippen molar-refractivity contribution in [2.75, 3.05) is 31.6 Å². The van der Waals surface area contributed by atoms with Gasteiger partial charge in [0, 0.05) is 18.8 Å². The van der Waals surface area contributed by atoms with Crippen molar-refractivity contribution in [3.05, 3.63) is 29.8 Å². The zero-order chi connectivity index (χ0) is 14.1. The zero-order valence-corrected chi connectivity index (χ0v) is 10.8. The number of carbonyl (C=O) groups excluding carboxylic acids is 1. The van der Waals surface area contributed by atoms with E-state index in [1.54, 1.807) is 12.1 Å². The summed E-state index contributed by atoms with van der Waals surface area (Å²) < 4.78 is 28.3. The highest BCUT2D eigenvalue weighted by Crippen LogP contribution is 2.14. The molecule has 0 aliphatic heterocycles. The Labute approximate surface area is 111 Å². The molecule has 0 saturated carbocycles. The summed E-state index contributed by atoms with van der Waals surface area (Å²) in [6, 6.07) is 7.11. The van der Waals surface area contributed by atoms with Gasteiger partial charge in [0.05, 0.1) is 12.2 Å². The second kappa shape index (κ2) is 8.42. The van der Waals surface area contributed by atoms with Crippen LogP contribution in [0, 0.1) is 0 Å². The number of nitrogens with one attached hydrogen (secondary N) is 2.